The summed E-state index contributed by atoms with van der Waals surface area (Å²) in [7, 11) is 0. The number of ether oxygens (including phenoxy) is 2. The van der Waals surface area contributed by atoms with Gasteiger partial charge < -0.3 is 14.4 Å². The zero-order valence-corrected chi connectivity index (χ0v) is 17.7. The van der Waals surface area contributed by atoms with Crippen LogP contribution in [-0.4, -0.2) is 61.1 Å². The molecule has 158 valence electrons. The number of rotatable bonds is 3. The van der Waals surface area contributed by atoms with Gasteiger partial charge >= 0.3 is 0 Å². The maximum atomic E-state index is 12.9. The number of carbonyl (C=O) groups is 1. The van der Waals surface area contributed by atoms with Crippen LogP contribution in [0.5, 0.6) is 0 Å². The van der Waals surface area contributed by atoms with Crippen LogP contribution in [0.2, 0.25) is 0 Å². The van der Waals surface area contributed by atoms with Crippen molar-refractivity contribution in [3.8, 4) is 0 Å². The molecule has 1 saturated heterocycles. The monoisotopic (exact) mass is 406 g/mol. The lowest BCUT2D eigenvalue weighted by Crippen LogP contribution is -2.53. The highest BCUT2D eigenvalue weighted by molar-refractivity contribution is 5.79. The molecule has 5 heteroatoms. The summed E-state index contributed by atoms with van der Waals surface area (Å²) in [5.74, 6) is 2.66. The summed E-state index contributed by atoms with van der Waals surface area (Å²) in [5.41, 5.74) is 3.79. The van der Waals surface area contributed by atoms with Crippen molar-refractivity contribution in [2.24, 2.45) is 5.92 Å². The summed E-state index contributed by atoms with van der Waals surface area (Å²) in [6.07, 6.45) is 11.2. The van der Waals surface area contributed by atoms with Gasteiger partial charge in [0.05, 0.1) is 12.5 Å². The lowest BCUT2D eigenvalue weighted by atomic mass is 9.89. The van der Waals surface area contributed by atoms with Crippen molar-refractivity contribution in [1.29, 1.82) is 0 Å². The van der Waals surface area contributed by atoms with Gasteiger partial charge in [-0.25, -0.2) is 0 Å². The van der Waals surface area contributed by atoms with Gasteiger partial charge in [-0.3, -0.25) is 9.69 Å². The maximum absolute atomic E-state index is 12.9. The molecule has 2 aliphatic heterocycles. The number of amides is 1. The Balaban J connectivity index is 1.19. The molecule has 5 nitrogen and oxygen atoms in total. The molecule has 5 rings (SSSR count). The summed E-state index contributed by atoms with van der Waals surface area (Å²) in [4.78, 5) is 17.4. The van der Waals surface area contributed by atoms with E-state index in [1.54, 1.807) is 0 Å². The van der Waals surface area contributed by atoms with E-state index in [9.17, 15) is 4.79 Å². The van der Waals surface area contributed by atoms with Crippen LogP contribution >= 0.6 is 0 Å². The fourth-order valence-corrected chi connectivity index (χ4v) is 4.92. The molecular formula is C25H30N2O3. The molecule has 4 aliphatic rings. The Morgan fingerprint density at radius 2 is 1.93 bits per heavy atom. The van der Waals surface area contributed by atoms with Crippen molar-refractivity contribution in [1.82, 2.24) is 9.80 Å². The Kier molecular flexibility index (Phi) is 5.38. The fraction of sp³-hybridized carbons (Fsp3) is 0.480. The van der Waals surface area contributed by atoms with Crippen LogP contribution in [0.15, 0.2) is 47.9 Å². The van der Waals surface area contributed by atoms with Gasteiger partial charge in [0.1, 0.15) is 13.2 Å². The predicted octanol–water partition coefficient (Wildman–Crippen LogP) is 3.17. The molecular weight excluding hydrogens is 376 g/mol. The van der Waals surface area contributed by atoms with Gasteiger partial charge in [-0.15, -0.1) is 0 Å². The number of piperazine rings is 1. The second-order valence-electron chi connectivity index (χ2n) is 8.75. The largest absolute Gasteiger partial charge is 0.489 e. The quantitative estimate of drug-likeness (QED) is 0.773. The van der Waals surface area contributed by atoms with Crippen molar-refractivity contribution >= 4 is 12.0 Å². The van der Waals surface area contributed by atoms with Crippen molar-refractivity contribution in [2.45, 2.75) is 32.2 Å². The Hall–Kier alpha value is -2.53. The zero-order valence-electron chi connectivity index (χ0n) is 17.7. The molecule has 0 bridgehead atoms. The first-order valence-corrected chi connectivity index (χ1v) is 11.2. The average Bonchev–Trinajstić information content (AvgIpc) is 2.78. The van der Waals surface area contributed by atoms with Gasteiger partial charge in [0.15, 0.2) is 11.5 Å². The van der Waals surface area contributed by atoms with E-state index in [1.165, 1.54) is 11.1 Å². The maximum Gasteiger partial charge on any atom is 0.227 e. The van der Waals surface area contributed by atoms with Crippen molar-refractivity contribution < 1.29 is 14.3 Å². The van der Waals surface area contributed by atoms with Crippen LogP contribution in [0, 0.1) is 5.92 Å². The summed E-state index contributed by atoms with van der Waals surface area (Å²) in [6, 6.07) is 6.73. The molecule has 0 saturated carbocycles. The Labute approximate surface area is 178 Å². The number of hydrogen-bond acceptors (Lipinski definition) is 4. The molecule has 1 amide bonds. The SMILES string of the molecule is CC1C=Cc2ccc(CC(=O)N3CCN(C4CC=CC5=C4OCCO5)CC3)cc2C1. The molecule has 2 heterocycles. The molecule has 2 atom stereocenters. The molecule has 30 heavy (non-hydrogen) atoms. The first kappa shape index (κ1) is 19.4. The minimum atomic E-state index is 0.231. The number of hydrogen-bond donors (Lipinski definition) is 0. The smallest absolute Gasteiger partial charge is 0.227 e. The molecule has 1 aromatic rings. The van der Waals surface area contributed by atoms with E-state index in [2.05, 4.69) is 48.3 Å². The minimum Gasteiger partial charge on any atom is -0.489 e. The van der Waals surface area contributed by atoms with Crippen molar-refractivity contribution in [3.63, 3.8) is 0 Å². The van der Waals surface area contributed by atoms with Crippen LogP contribution in [0.4, 0.5) is 0 Å². The molecule has 2 unspecified atom stereocenters. The third-order valence-electron chi connectivity index (χ3n) is 6.59. The van der Waals surface area contributed by atoms with Crippen LogP contribution < -0.4 is 0 Å². The zero-order chi connectivity index (χ0) is 20.5. The normalized spacial score (nSPS) is 26.0. The topological polar surface area (TPSA) is 42.0 Å². The molecule has 0 radical (unpaired) electrons. The van der Waals surface area contributed by atoms with E-state index in [1.807, 2.05) is 11.0 Å². The lowest BCUT2D eigenvalue weighted by molar-refractivity contribution is -0.132. The summed E-state index contributed by atoms with van der Waals surface area (Å²) >= 11 is 0. The molecule has 0 spiro atoms. The van der Waals surface area contributed by atoms with Crippen LogP contribution in [0.3, 0.4) is 0 Å². The minimum absolute atomic E-state index is 0.231. The van der Waals surface area contributed by atoms with Crippen LogP contribution in [0.25, 0.3) is 6.08 Å². The van der Waals surface area contributed by atoms with E-state index >= 15 is 0 Å². The third kappa shape index (κ3) is 3.91. The number of benzene rings is 1. The van der Waals surface area contributed by atoms with E-state index in [4.69, 9.17) is 9.47 Å². The number of carbonyl (C=O) groups excluding carboxylic acids is 1. The summed E-state index contributed by atoms with van der Waals surface area (Å²) < 4.78 is 11.7. The first-order valence-electron chi connectivity index (χ1n) is 11.2. The van der Waals surface area contributed by atoms with E-state index in [0.717, 1.165) is 56.1 Å². The summed E-state index contributed by atoms with van der Waals surface area (Å²) in [5, 5.41) is 0. The predicted molar refractivity (Wildman–Crippen MR) is 117 cm³/mol. The van der Waals surface area contributed by atoms with Crippen LogP contribution in [0.1, 0.15) is 30.0 Å². The highest BCUT2D eigenvalue weighted by Gasteiger charge is 2.33. The average molecular weight is 407 g/mol. The van der Waals surface area contributed by atoms with Gasteiger partial charge in [0, 0.05) is 26.2 Å². The van der Waals surface area contributed by atoms with Crippen molar-refractivity contribution in [2.75, 3.05) is 39.4 Å². The standard InChI is InChI=1S/C25H30N2O3/c1-18-5-7-20-8-6-19(16-21(20)15-18)17-24(28)27-11-9-26(10-12-27)22-3-2-4-23-25(22)30-14-13-29-23/h2,4-8,16,18,22H,3,9-15,17H2,1H3. The van der Waals surface area contributed by atoms with Crippen LogP contribution in [-0.2, 0) is 27.1 Å². The second-order valence-corrected chi connectivity index (χ2v) is 8.75. The highest BCUT2D eigenvalue weighted by atomic mass is 16.6. The second kappa shape index (κ2) is 8.31. The molecule has 2 aliphatic carbocycles. The molecule has 0 N–H and O–H groups in total. The molecule has 0 aromatic heterocycles. The van der Waals surface area contributed by atoms with Gasteiger partial charge in [0.25, 0.3) is 0 Å². The van der Waals surface area contributed by atoms with Gasteiger partial charge in [-0.05, 0) is 41.5 Å². The van der Waals surface area contributed by atoms with Crippen molar-refractivity contribution in [3.05, 3.63) is 64.6 Å². The highest BCUT2D eigenvalue weighted by Crippen LogP contribution is 2.29. The Bertz CT molecular complexity index is 909. The van der Waals surface area contributed by atoms with E-state index < -0.39 is 0 Å². The number of nitrogens with zero attached hydrogens (tertiary/aromatic N) is 2. The Morgan fingerprint density at radius 1 is 1.10 bits per heavy atom. The third-order valence-corrected chi connectivity index (χ3v) is 6.59. The first-order chi connectivity index (χ1) is 14.7. The summed E-state index contributed by atoms with van der Waals surface area (Å²) in [6.45, 7) is 6.77. The fourth-order valence-electron chi connectivity index (χ4n) is 4.92. The Morgan fingerprint density at radius 3 is 2.80 bits per heavy atom. The molecule has 1 fully saturated rings. The van der Waals surface area contributed by atoms with E-state index in [0.29, 0.717) is 25.6 Å². The number of fused-ring (bicyclic) bond motifs is 1. The van der Waals surface area contributed by atoms with Gasteiger partial charge in [0.2, 0.25) is 5.91 Å². The number of allylic oxidation sites excluding steroid dienone is 2. The lowest BCUT2D eigenvalue weighted by Gasteiger charge is -2.41. The molecule has 1 aromatic carbocycles. The van der Waals surface area contributed by atoms with Gasteiger partial charge in [-0.1, -0.05) is 43.4 Å². The van der Waals surface area contributed by atoms with Gasteiger partial charge in [-0.2, -0.15) is 0 Å². The van der Waals surface area contributed by atoms with E-state index in [-0.39, 0.29) is 11.9 Å².